The van der Waals surface area contributed by atoms with Crippen LogP contribution in [0.25, 0.3) is 21.9 Å². The molecule has 4 rings (SSSR count). The molecule has 0 atom stereocenters. The van der Waals surface area contributed by atoms with Gasteiger partial charge in [-0.15, -0.1) is 0 Å². The molecule has 0 radical (unpaired) electrons. The average molecular weight is 431 g/mol. The first kappa shape index (κ1) is 22.1. The highest BCUT2D eigenvalue weighted by atomic mass is 16.5. The van der Waals surface area contributed by atoms with Crippen molar-refractivity contribution in [1.82, 2.24) is 0 Å². The topological polar surface area (TPSA) is 54.7 Å². The molecule has 32 heavy (non-hydrogen) atoms. The first-order valence-corrected chi connectivity index (χ1v) is 11.1. The normalized spacial score (nSPS) is 14.4. The number of nitriles is 1. The van der Waals surface area contributed by atoms with Crippen LogP contribution in [0.5, 0.6) is 5.75 Å². The molecular weight excluding hydrogens is 400 g/mol. The van der Waals surface area contributed by atoms with Gasteiger partial charge >= 0.3 is 0 Å². The Hall–Kier alpha value is -3.07. The molecule has 1 heterocycles. The largest absolute Gasteiger partial charge is 0.486 e. The Morgan fingerprint density at radius 3 is 2.53 bits per heavy atom. The van der Waals surface area contributed by atoms with Crippen molar-refractivity contribution in [3.63, 3.8) is 0 Å². The van der Waals surface area contributed by atoms with E-state index in [2.05, 4.69) is 47.4 Å². The van der Waals surface area contributed by atoms with Crippen molar-refractivity contribution in [2.24, 2.45) is 0 Å². The molecule has 0 aromatic heterocycles. The van der Waals surface area contributed by atoms with Gasteiger partial charge in [0.1, 0.15) is 23.0 Å². The van der Waals surface area contributed by atoms with Crippen molar-refractivity contribution >= 4 is 16.5 Å². The first-order chi connectivity index (χ1) is 15.5. The van der Waals surface area contributed by atoms with Gasteiger partial charge in [-0.3, -0.25) is 0 Å². The average Bonchev–Trinajstić information content (AvgIpc) is 2.82. The molecule has 1 fully saturated rings. The second-order valence-electron chi connectivity index (χ2n) is 8.74. The lowest BCUT2D eigenvalue weighted by Crippen LogP contribution is -2.36. The molecule has 5 nitrogen and oxygen atoms in total. The molecule has 0 spiro atoms. The number of nitrogens with zero attached hydrogens (tertiary/aromatic N) is 2. The lowest BCUT2D eigenvalue weighted by molar-refractivity contribution is 0.0628. The number of ether oxygens (including phenoxy) is 3. The summed E-state index contributed by atoms with van der Waals surface area (Å²) in [5.41, 5.74) is 3.24. The highest BCUT2D eigenvalue weighted by Gasteiger charge is 2.22. The maximum absolute atomic E-state index is 9.96. The quantitative estimate of drug-likeness (QED) is 0.502. The summed E-state index contributed by atoms with van der Waals surface area (Å²) in [5, 5.41) is 12.3. The lowest BCUT2D eigenvalue weighted by atomic mass is 9.96. The van der Waals surface area contributed by atoms with Gasteiger partial charge < -0.3 is 19.1 Å². The van der Waals surface area contributed by atoms with E-state index in [9.17, 15) is 5.26 Å². The maximum Gasteiger partial charge on any atom is 0.138 e. The van der Waals surface area contributed by atoms with Gasteiger partial charge in [-0.2, -0.15) is 5.26 Å². The third-order valence-electron chi connectivity index (χ3n) is 5.94. The number of fused-ring (bicyclic) bond motifs is 1. The Morgan fingerprint density at radius 1 is 1.03 bits per heavy atom. The number of anilines is 1. The second-order valence-corrected chi connectivity index (χ2v) is 8.74. The van der Waals surface area contributed by atoms with Crippen LogP contribution in [0, 0.1) is 11.3 Å². The summed E-state index contributed by atoms with van der Waals surface area (Å²) >= 11 is 0. The van der Waals surface area contributed by atoms with E-state index in [1.807, 2.05) is 32.0 Å². The smallest absolute Gasteiger partial charge is 0.138 e. The van der Waals surface area contributed by atoms with Crippen LogP contribution in [0.2, 0.25) is 0 Å². The van der Waals surface area contributed by atoms with E-state index in [-0.39, 0.29) is 0 Å². The van der Waals surface area contributed by atoms with E-state index in [0.29, 0.717) is 17.9 Å². The number of methoxy groups -OCH3 is 1. The van der Waals surface area contributed by atoms with E-state index in [0.717, 1.165) is 49.2 Å². The molecule has 166 valence electrons. The number of morpholine rings is 1. The van der Waals surface area contributed by atoms with Gasteiger partial charge in [-0.05, 0) is 54.4 Å². The van der Waals surface area contributed by atoms with Crippen LogP contribution in [0.4, 0.5) is 5.69 Å². The predicted octanol–water partition coefficient (Wildman–Crippen LogP) is 5.41. The van der Waals surface area contributed by atoms with Gasteiger partial charge in [0.05, 0.1) is 13.2 Å². The van der Waals surface area contributed by atoms with Crippen LogP contribution >= 0.6 is 0 Å². The minimum Gasteiger partial charge on any atom is -0.486 e. The Morgan fingerprint density at radius 2 is 1.78 bits per heavy atom. The summed E-state index contributed by atoms with van der Waals surface area (Å²) in [6.45, 7) is 8.02. The fourth-order valence-corrected chi connectivity index (χ4v) is 4.09. The Balaban J connectivity index is 1.65. The van der Waals surface area contributed by atoms with Gasteiger partial charge in [-0.1, -0.05) is 30.3 Å². The SMILES string of the molecule is COCCC(C)(C)Oc1cccc(-c2ccc3cc(N4CCOCC4)ccc3c2)c1C#N. The van der Waals surface area contributed by atoms with Crippen LogP contribution in [0.15, 0.2) is 54.6 Å². The summed E-state index contributed by atoms with van der Waals surface area (Å²) in [6.07, 6.45) is 0.736. The van der Waals surface area contributed by atoms with Crippen molar-refractivity contribution in [2.45, 2.75) is 25.9 Å². The summed E-state index contributed by atoms with van der Waals surface area (Å²) in [5.74, 6) is 0.605. The molecule has 0 amide bonds. The Labute approximate surface area is 190 Å². The number of hydrogen-bond donors (Lipinski definition) is 0. The van der Waals surface area contributed by atoms with Crippen LogP contribution in [0.1, 0.15) is 25.8 Å². The van der Waals surface area contributed by atoms with E-state index in [4.69, 9.17) is 14.2 Å². The molecule has 1 aliphatic heterocycles. The number of rotatable bonds is 7. The Bertz CT molecular complexity index is 1130. The molecule has 0 bridgehead atoms. The van der Waals surface area contributed by atoms with E-state index in [1.165, 1.54) is 11.1 Å². The maximum atomic E-state index is 9.96. The monoisotopic (exact) mass is 430 g/mol. The molecule has 0 saturated carbocycles. The van der Waals surface area contributed by atoms with E-state index < -0.39 is 5.60 Å². The highest BCUT2D eigenvalue weighted by molar-refractivity contribution is 5.91. The molecule has 1 saturated heterocycles. The molecule has 3 aromatic carbocycles. The molecular formula is C27H30N2O3. The molecule has 0 unspecified atom stereocenters. The van der Waals surface area contributed by atoms with Gasteiger partial charge in [0.25, 0.3) is 0 Å². The lowest BCUT2D eigenvalue weighted by Gasteiger charge is -2.29. The summed E-state index contributed by atoms with van der Waals surface area (Å²) in [6, 6.07) is 21.1. The van der Waals surface area contributed by atoms with Crippen molar-refractivity contribution in [2.75, 3.05) is 44.9 Å². The molecule has 0 N–H and O–H groups in total. The summed E-state index contributed by atoms with van der Waals surface area (Å²) in [7, 11) is 1.68. The van der Waals surface area contributed by atoms with Crippen LogP contribution < -0.4 is 9.64 Å². The standard InChI is InChI=1S/C27H30N2O3/c1-27(2,11-14-30-3)32-26-6-4-5-24(25(26)19-28)22-8-7-21-18-23(10-9-20(21)17-22)29-12-15-31-16-13-29/h4-10,17-18H,11-16H2,1-3H3. The Kier molecular flexibility index (Phi) is 6.64. The predicted molar refractivity (Wildman–Crippen MR) is 128 cm³/mol. The van der Waals surface area contributed by atoms with Gasteiger partial charge in [-0.25, -0.2) is 0 Å². The zero-order valence-corrected chi connectivity index (χ0v) is 19.1. The molecule has 1 aliphatic rings. The molecule has 3 aromatic rings. The van der Waals surface area contributed by atoms with Crippen LogP contribution in [-0.2, 0) is 9.47 Å². The minimum atomic E-state index is -0.431. The van der Waals surface area contributed by atoms with Crippen molar-refractivity contribution in [3.8, 4) is 22.9 Å². The van der Waals surface area contributed by atoms with Gasteiger partial charge in [0, 0.05) is 44.5 Å². The zero-order valence-electron chi connectivity index (χ0n) is 19.1. The van der Waals surface area contributed by atoms with Gasteiger partial charge in [0.2, 0.25) is 0 Å². The number of hydrogen-bond acceptors (Lipinski definition) is 5. The van der Waals surface area contributed by atoms with Crippen molar-refractivity contribution < 1.29 is 14.2 Å². The minimum absolute atomic E-state index is 0.431. The molecule has 5 heteroatoms. The summed E-state index contributed by atoms with van der Waals surface area (Å²) in [4.78, 5) is 2.36. The van der Waals surface area contributed by atoms with Crippen LogP contribution in [-0.4, -0.2) is 45.6 Å². The fraction of sp³-hybridized carbons (Fsp3) is 0.370. The zero-order chi connectivity index (χ0) is 22.6. The van der Waals surface area contributed by atoms with E-state index >= 15 is 0 Å². The first-order valence-electron chi connectivity index (χ1n) is 11.1. The van der Waals surface area contributed by atoms with Crippen molar-refractivity contribution in [3.05, 3.63) is 60.2 Å². The third kappa shape index (κ3) is 4.88. The van der Waals surface area contributed by atoms with Crippen molar-refractivity contribution in [1.29, 1.82) is 5.26 Å². The van der Waals surface area contributed by atoms with E-state index in [1.54, 1.807) is 7.11 Å². The molecule has 0 aliphatic carbocycles. The highest BCUT2D eigenvalue weighted by Crippen LogP contribution is 2.35. The summed E-state index contributed by atoms with van der Waals surface area (Å²) < 4.78 is 16.9. The third-order valence-corrected chi connectivity index (χ3v) is 5.94. The number of benzene rings is 3. The fourth-order valence-electron chi connectivity index (χ4n) is 4.09. The van der Waals surface area contributed by atoms with Gasteiger partial charge in [0.15, 0.2) is 0 Å². The second kappa shape index (κ2) is 9.60. The van der Waals surface area contributed by atoms with Crippen LogP contribution in [0.3, 0.4) is 0 Å².